The van der Waals surface area contributed by atoms with Gasteiger partial charge in [-0.1, -0.05) is 56.3 Å². The number of aliphatic hydroxyl groups excluding tert-OH is 1. The molecule has 0 radical (unpaired) electrons. The maximum Gasteiger partial charge on any atom is 0.231 e. The Labute approximate surface area is 273 Å². The number of methoxy groups -OCH3 is 2. The summed E-state index contributed by atoms with van der Waals surface area (Å²) in [5.74, 6) is -1.44. The number of carbonyl (C=O) groups excluding carboxylic acids is 2. The van der Waals surface area contributed by atoms with Gasteiger partial charge in [0.15, 0.2) is 17.1 Å². The standard InChI is InChI=1S/C36H40N2O9/c1-5-20(2)32(39)37-26-12-9-17-38(26)33(40)29-27(21-10-7-6-8-11-21)36(22-13-15-23(43-3)16-14-22)34(41)35(29,42)28-24(47-36)18-25-30(31(28)44-4)46-19-45-25/h6-8,10-11,13-16,18,20,26-27,29,34,41-42H,5,9,12,17,19H2,1-4H3,(H,37,39)/t20?,26-,27+,29-,34-,35-,36-/m0/s1. The predicted octanol–water partition coefficient (Wildman–Crippen LogP) is 3.79. The lowest BCUT2D eigenvalue weighted by Gasteiger charge is -2.45. The highest BCUT2D eigenvalue weighted by atomic mass is 16.7. The Bertz CT molecular complexity index is 1680. The van der Waals surface area contributed by atoms with E-state index in [1.165, 1.54) is 7.11 Å². The van der Waals surface area contributed by atoms with Gasteiger partial charge in [0.1, 0.15) is 29.4 Å². The first-order chi connectivity index (χ1) is 22.7. The minimum atomic E-state index is -2.23. The van der Waals surface area contributed by atoms with E-state index in [2.05, 4.69) is 5.32 Å². The van der Waals surface area contributed by atoms with E-state index in [9.17, 15) is 15.0 Å². The lowest BCUT2D eigenvalue weighted by atomic mass is 9.75. The molecule has 2 amide bonds. The summed E-state index contributed by atoms with van der Waals surface area (Å²) in [5, 5.41) is 29.0. The van der Waals surface area contributed by atoms with Crippen LogP contribution < -0.4 is 29.0 Å². The monoisotopic (exact) mass is 644 g/mol. The Kier molecular flexibility index (Phi) is 7.71. The fourth-order valence-corrected chi connectivity index (χ4v) is 7.94. The first kappa shape index (κ1) is 31.1. The van der Waals surface area contributed by atoms with Gasteiger partial charge in [-0.25, -0.2) is 0 Å². The average molecular weight is 645 g/mol. The zero-order valence-electron chi connectivity index (χ0n) is 26.9. The van der Waals surface area contributed by atoms with Crippen molar-refractivity contribution in [3.63, 3.8) is 0 Å². The number of carbonyl (C=O) groups is 2. The average Bonchev–Trinajstić information content (AvgIpc) is 3.79. The van der Waals surface area contributed by atoms with Crippen molar-refractivity contribution in [2.24, 2.45) is 11.8 Å². The van der Waals surface area contributed by atoms with Crippen molar-refractivity contribution in [1.82, 2.24) is 10.2 Å². The third-order valence-electron chi connectivity index (χ3n) is 10.4. The lowest BCUT2D eigenvalue weighted by molar-refractivity contribution is -0.167. The molecule has 1 unspecified atom stereocenters. The number of nitrogens with one attached hydrogen (secondary N) is 1. The molecular formula is C36H40N2O9. The first-order valence-electron chi connectivity index (χ1n) is 16.1. The molecule has 7 atom stereocenters. The van der Waals surface area contributed by atoms with Crippen molar-refractivity contribution in [3.05, 3.63) is 77.4 Å². The smallest absolute Gasteiger partial charge is 0.231 e. The summed E-state index contributed by atoms with van der Waals surface area (Å²) in [6.07, 6.45) is -0.334. The summed E-state index contributed by atoms with van der Waals surface area (Å²) in [7, 11) is 2.99. The highest BCUT2D eigenvalue weighted by Crippen LogP contribution is 2.70. The molecule has 1 saturated heterocycles. The second kappa shape index (κ2) is 11.6. The molecule has 47 heavy (non-hydrogen) atoms. The van der Waals surface area contributed by atoms with Crippen LogP contribution in [0.5, 0.6) is 28.7 Å². The van der Waals surface area contributed by atoms with Crippen LogP contribution in [0.1, 0.15) is 55.7 Å². The van der Waals surface area contributed by atoms with Crippen LogP contribution in [0.25, 0.3) is 0 Å². The van der Waals surface area contributed by atoms with Gasteiger partial charge >= 0.3 is 0 Å². The lowest BCUT2D eigenvalue weighted by Crippen LogP contribution is -2.56. The van der Waals surface area contributed by atoms with Crippen LogP contribution in [0.2, 0.25) is 0 Å². The van der Waals surface area contributed by atoms with E-state index in [0.717, 1.165) is 0 Å². The maximum atomic E-state index is 15.2. The van der Waals surface area contributed by atoms with Crippen molar-refractivity contribution in [1.29, 1.82) is 0 Å². The molecule has 3 N–H and O–H groups in total. The zero-order valence-corrected chi connectivity index (χ0v) is 26.9. The number of amides is 2. The van der Waals surface area contributed by atoms with Crippen molar-refractivity contribution in [2.45, 2.75) is 62.5 Å². The summed E-state index contributed by atoms with van der Waals surface area (Å²) in [6, 6.07) is 18.0. The Morgan fingerprint density at radius 3 is 2.49 bits per heavy atom. The van der Waals surface area contributed by atoms with Crippen molar-refractivity contribution >= 4 is 11.8 Å². The number of hydrogen-bond donors (Lipinski definition) is 3. The summed E-state index contributed by atoms with van der Waals surface area (Å²) in [5.41, 5.74) is -2.55. The quantitative estimate of drug-likeness (QED) is 0.335. The molecule has 3 aromatic rings. The van der Waals surface area contributed by atoms with Crippen LogP contribution in [0, 0.1) is 11.8 Å². The molecule has 3 aromatic carbocycles. The van der Waals surface area contributed by atoms with Gasteiger partial charge in [0.2, 0.25) is 24.4 Å². The minimum Gasteiger partial charge on any atom is -0.497 e. The largest absolute Gasteiger partial charge is 0.497 e. The number of fused-ring (bicyclic) bond motifs is 5. The molecule has 2 fully saturated rings. The topological polar surface area (TPSA) is 136 Å². The number of benzene rings is 3. The molecule has 2 bridgehead atoms. The number of ether oxygens (including phenoxy) is 5. The first-order valence-corrected chi connectivity index (χ1v) is 16.1. The van der Waals surface area contributed by atoms with Crippen LogP contribution in [0.15, 0.2) is 60.7 Å². The molecule has 248 valence electrons. The van der Waals surface area contributed by atoms with Crippen LogP contribution in [-0.4, -0.2) is 66.8 Å². The van der Waals surface area contributed by atoms with Gasteiger partial charge in [-0.05, 0) is 42.5 Å². The van der Waals surface area contributed by atoms with E-state index in [1.54, 1.807) is 42.3 Å². The molecule has 1 saturated carbocycles. The third kappa shape index (κ3) is 4.46. The number of nitrogens with zero attached hydrogens (tertiary/aromatic N) is 1. The number of aliphatic hydroxyl groups is 2. The van der Waals surface area contributed by atoms with E-state index in [0.29, 0.717) is 48.4 Å². The van der Waals surface area contributed by atoms with E-state index in [-0.39, 0.29) is 41.4 Å². The minimum absolute atomic E-state index is 0.0699. The molecule has 3 aliphatic heterocycles. The molecule has 11 nitrogen and oxygen atoms in total. The van der Waals surface area contributed by atoms with Crippen molar-refractivity contribution in [3.8, 4) is 28.7 Å². The molecule has 4 aliphatic rings. The van der Waals surface area contributed by atoms with Crippen LogP contribution in [0.3, 0.4) is 0 Å². The maximum absolute atomic E-state index is 15.2. The second-order valence-electron chi connectivity index (χ2n) is 12.7. The van der Waals surface area contributed by atoms with Gasteiger partial charge in [-0.3, -0.25) is 9.59 Å². The summed E-state index contributed by atoms with van der Waals surface area (Å²) < 4.78 is 29.7. The van der Waals surface area contributed by atoms with Gasteiger partial charge in [-0.15, -0.1) is 0 Å². The van der Waals surface area contributed by atoms with Gasteiger partial charge in [0.25, 0.3) is 0 Å². The van der Waals surface area contributed by atoms with Crippen LogP contribution >= 0.6 is 0 Å². The fraction of sp³-hybridized carbons (Fsp3) is 0.444. The third-order valence-corrected chi connectivity index (χ3v) is 10.4. The Balaban J connectivity index is 1.47. The van der Waals surface area contributed by atoms with Crippen molar-refractivity contribution < 1.29 is 43.5 Å². The van der Waals surface area contributed by atoms with E-state index in [4.69, 9.17) is 23.7 Å². The summed E-state index contributed by atoms with van der Waals surface area (Å²) in [4.78, 5) is 29.9. The highest BCUT2D eigenvalue weighted by Gasteiger charge is 2.77. The predicted molar refractivity (Wildman–Crippen MR) is 169 cm³/mol. The van der Waals surface area contributed by atoms with Gasteiger partial charge in [0.05, 0.1) is 25.7 Å². The van der Waals surface area contributed by atoms with E-state index >= 15 is 4.79 Å². The van der Waals surface area contributed by atoms with Gasteiger partial charge in [-0.2, -0.15) is 0 Å². The molecule has 3 heterocycles. The molecule has 7 rings (SSSR count). The van der Waals surface area contributed by atoms with Gasteiger partial charge < -0.3 is 44.1 Å². The molecule has 1 aliphatic carbocycles. The fourth-order valence-electron chi connectivity index (χ4n) is 7.94. The van der Waals surface area contributed by atoms with Gasteiger partial charge in [0, 0.05) is 24.4 Å². The van der Waals surface area contributed by atoms with E-state index < -0.39 is 41.2 Å². The molecular weight excluding hydrogens is 604 g/mol. The normalized spacial score (nSPS) is 29.1. The Morgan fingerprint density at radius 2 is 1.81 bits per heavy atom. The zero-order chi connectivity index (χ0) is 33.1. The summed E-state index contributed by atoms with van der Waals surface area (Å²) in [6.45, 7) is 4.09. The SMILES string of the molecule is CCC(C)C(=O)N[C@@H]1CCCN1C(=O)[C@@H]1[C@@H](c2ccccc2)[C@]2(c3ccc(OC)cc3)Oc3cc4c(c(OC)c3[C@@]1(O)[C@@H]2O)OCO4. The molecule has 11 heteroatoms. The Hall–Kier alpha value is -4.48. The van der Waals surface area contributed by atoms with Crippen LogP contribution in [0.4, 0.5) is 0 Å². The molecule has 0 aromatic heterocycles. The summed E-state index contributed by atoms with van der Waals surface area (Å²) >= 11 is 0. The highest BCUT2D eigenvalue weighted by molar-refractivity contribution is 5.86. The van der Waals surface area contributed by atoms with Crippen molar-refractivity contribution in [2.75, 3.05) is 27.6 Å². The number of rotatable bonds is 8. The Morgan fingerprint density at radius 1 is 1.06 bits per heavy atom. The number of likely N-dealkylation sites (tertiary alicyclic amines) is 1. The second-order valence-corrected chi connectivity index (χ2v) is 12.7. The van der Waals surface area contributed by atoms with Crippen LogP contribution in [-0.2, 0) is 20.8 Å². The molecule has 0 spiro atoms. The van der Waals surface area contributed by atoms with E-state index in [1.807, 2.05) is 44.2 Å². The number of hydrogen-bond acceptors (Lipinski definition) is 9.